The van der Waals surface area contributed by atoms with Crippen LogP contribution < -0.4 is 14.7 Å². The lowest BCUT2D eigenvalue weighted by molar-refractivity contribution is 1.04. The molecule has 0 spiro atoms. The van der Waals surface area contributed by atoms with Gasteiger partial charge in [0.1, 0.15) is 11.6 Å². The van der Waals surface area contributed by atoms with E-state index in [0.29, 0.717) is 0 Å². The Hall–Kier alpha value is -20.1. The number of hydrogen-bond donors (Lipinski definition) is 0. The molecule has 29 rings (SSSR count). The summed E-state index contributed by atoms with van der Waals surface area (Å²) in [5.74, 6) is 1.81. The largest absolute Gasteiger partial charge is 0.316 e. The fourth-order valence-corrected chi connectivity index (χ4v) is 22.6. The SMILES string of the molecule is c1ccc(-c2ccc(N(c3ccccc3)c3ccc4c(c3)-c3ccccc3-c3cccc5c3c-4cn5-c3cccc(-c4ccccc4)c3)cc2)cc1.c1ccc(-c2ccc(N(c3ccccc3)c3ccc4c(c3)-c3ccccc3-c3cccc5c3c-4cn5-c3cccc(-c4ccccc4)n3)cc2)cc1.c1ccc(-c2ccc(N(c3ccccc3)c3ccc4c(c3)-c3ccccc3-c3cccc5c3c-4cn5-c3ccccn3)cc2)cc1. The smallest absolute Gasteiger partial charge is 0.137 e. The molecule has 21 aromatic carbocycles. The molecule has 0 bridgehead atoms. The molecule has 0 aliphatic heterocycles. The number of nitrogens with zero attached hydrogens (tertiary/aromatic N) is 8. The van der Waals surface area contributed by atoms with E-state index in [4.69, 9.17) is 9.97 Å². The molecule has 0 saturated heterocycles. The normalized spacial score (nSPS) is 11.5. The summed E-state index contributed by atoms with van der Waals surface area (Å²) >= 11 is 0. The van der Waals surface area contributed by atoms with Gasteiger partial charge in [0.05, 0.1) is 22.2 Å². The second kappa shape index (κ2) is 38.6. The Morgan fingerprint density at radius 3 is 0.760 bits per heavy atom. The molecule has 0 N–H and O–H groups in total. The van der Waals surface area contributed by atoms with E-state index in [0.717, 1.165) is 90.8 Å². The van der Waals surface area contributed by atoms with E-state index in [-0.39, 0.29) is 0 Å². The molecule has 0 fully saturated rings. The molecule has 0 unspecified atom stereocenters. The molecule has 8 nitrogen and oxygen atoms in total. The Kier molecular flexibility index (Phi) is 22.8. The van der Waals surface area contributed by atoms with Crippen molar-refractivity contribution in [2.75, 3.05) is 14.7 Å². The van der Waals surface area contributed by atoms with Gasteiger partial charge in [-0.25, -0.2) is 9.97 Å². The van der Waals surface area contributed by atoms with E-state index in [1.807, 2.05) is 24.4 Å². The first-order valence-electron chi connectivity index (χ1n) is 51.2. The predicted molar refractivity (Wildman–Crippen MR) is 626 cm³/mol. The summed E-state index contributed by atoms with van der Waals surface area (Å²) in [6.07, 6.45) is 8.75. The Morgan fingerprint density at radius 2 is 0.400 bits per heavy atom. The van der Waals surface area contributed by atoms with Gasteiger partial charge in [-0.2, -0.15) is 0 Å². The van der Waals surface area contributed by atoms with E-state index in [2.05, 4.69) is 587 Å². The number of fused-ring (bicyclic) bond motifs is 15. The van der Waals surface area contributed by atoms with Crippen molar-refractivity contribution in [3.05, 3.63) is 583 Å². The van der Waals surface area contributed by atoms with E-state index in [1.54, 1.807) is 0 Å². The van der Waals surface area contributed by atoms with Gasteiger partial charge in [-0.1, -0.05) is 394 Å². The zero-order chi connectivity index (χ0) is 99.3. The van der Waals surface area contributed by atoms with E-state index in [1.165, 1.54) is 166 Å². The predicted octanol–water partition coefficient (Wildman–Crippen LogP) is 38.4. The number of benzene rings is 21. The Morgan fingerprint density at radius 1 is 0.147 bits per heavy atom. The lowest BCUT2D eigenvalue weighted by Gasteiger charge is -2.27. The average molecular weight is 1910 g/mol. The lowest BCUT2D eigenvalue weighted by atomic mass is 9.93. The standard InChI is InChI=1S/C50H34N2.C49H33N3.C43H29N3/c1-4-14-35(15-5-1)37-26-28-40(29-27-37)52(39-19-8-3-9-20-39)42-30-31-45-47(33-42)44-23-11-10-22-43(44)46-24-13-25-49-50(46)48(45)34-51(49)41-21-12-18-38(32-41)36-16-6-2-7-17-36;1-4-14-34(15-5-1)35-26-28-38(29-27-35)52(37-18-8-3-9-19-37)39-30-31-42-44(32-39)41-21-11-10-20-40(41)43-22-12-24-47-49(43)45(42)33-51(47)48-25-13-23-46(50-48)36-16-6-2-7-17-36;1-3-12-30(13-4-1)31-21-23-33(24-22-31)46(32-14-5-2-6-15-32)34-25-26-37-39(28-34)36-17-8-7-16-35(36)38-18-11-19-41-43(38)40(37)29-45(41)42-20-9-10-27-44-42/h1-34H;1-33H;1-29H. The number of anilines is 9. The summed E-state index contributed by atoms with van der Waals surface area (Å²) in [5, 5.41) is 3.77. The van der Waals surface area contributed by atoms with Crippen molar-refractivity contribution in [3.8, 4) is 173 Å². The van der Waals surface area contributed by atoms with Gasteiger partial charge in [0.15, 0.2) is 0 Å². The molecule has 150 heavy (non-hydrogen) atoms. The molecular weight excluding hydrogens is 1820 g/mol. The van der Waals surface area contributed by atoms with E-state index >= 15 is 0 Å². The third-order valence-corrected chi connectivity index (χ3v) is 29.6. The lowest BCUT2D eigenvalue weighted by Crippen LogP contribution is -2.10. The van der Waals surface area contributed by atoms with Crippen LogP contribution in [0.25, 0.3) is 206 Å². The first-order chi connectivity index (χ1) is 74.4. The highest BCUT2D eigenvalue weighted by molar-refractivity contribution is 6.18. The van der Waals surface area contributed by atoms with Crippen molar-refractivity contribution >= 4 is 83.9 Å². The van der Waals surface area contributed by atoms with E-state index in [9.17, 15) is 0 Å². The van der Waals surface area contributed by atoms with Crippen LogP contribution in [0, 0.1) is 0 Å². The fraction of sp³-hybridized carbons (Fsp3) is 0. The summed E-state index contributed by atoms with van der Waals surface area (Å²) in [7, 11) is 0. The van der Waals surface area contributed by atoms with Crippen LogP contribution in [0.3, 0.4) is 0 Å². The van der Waals surface area contributed by atoms with Crippen LogP contribution in [0.1, 0.15) is 0 Å². The van der Waals surface area contributed by atoms with Crippen molar-refractivity contribution in [2.45, 2.75) is 0 Å². The first kappa shape index (κ1) is 88.8. The molecule has 5 aromatic heterocycles. The van der Waals surface area contributed by atoms with Crippen LogP contribution in [0.2, 0.25) is 0 Å². The minimum absolute atomic E-state index is 0.899. The number of pyridine rings is 2. The van der Waals surface area contributed by atoms with Crippen molar-refractivity contribution < 1.29 is 0 Å². The Balaban J connectivity index is 0.000000111. The molecule has 26 aromatic rings. The van der Waals surface area contributed by atoms with Crippen LogP contribution in [0.4, 0.5) is 51.2 Å². The molecule has 3 aliphatic rings. The average Bonchev–Trinajstić information content (AvgIpc) is 1.57. The molecule has 704 valence electrons. The quantitative estimate of drug-likeness (QED) is 0.0909. The van der Waals surface area contributed by atoms with Crippen LogP contribution >= 0.6 is 0 Å². The highest BCUT2D eigenvalue weighted by Crippen LogP contribution is 2.56. The third-order valence-electron chi connectivity index (χ3n) is 29.6. The molecule has 0 atom stereocenters. The number of rotatable bonds is 17. The van der Waals surface area contributed by atoms with Gasteiger partial charge in [-0.05, 0) is 292 Å². The van der Waals surface area contributed by atoms with Gasteiger partial charge < -0.3 is 28.4 Å². The van der Waals surface area contributed by atoms with Gasteiger partial charge in [0.25, 0.3) is 0 Å². The first-order valence-corrected chi connectivity index (χ1v) is 51.2. The maximum atomic E-state index is 5.17. The maximum Gasteiger partial charge on any atom is 0.137 e. The summed E-state index contributed by atoms with van der Waals surface area (Å²) in [5.41, 5.74) is 48.5. The molecular formula is C142H96N8. The van der Waals surface area contributed by atoms with Crippen LogP contribution in [-0.2, 0) is 0 Å². The minimum Gasteiger partial charge on any atom is -0.316 e. The highest BCUT2D eigenvalue weighted by atomic mass is 15.2. The molecule has 3 aliphatic carbocycles. The Bertz CT molecular complexity index is 9120. The van der Waals surface area contributed by atoms with E-state index < -0.39 is 0 Å². The monoisotopic (exact) mass is 1910 g/mol. The van der Waals surface area contributed by atoms with Crippen molar-refractivity contribution in [1.29, 1.82) is 0 Å². The second-order valence-corrected chi connectivity index (χ2v) is 38.3. The number of hydrogen-bond acceptors (Lipinski definition) is 5. The summed E-state index contributed by atoms with van der Waals surface area (Å²) in [6.45, 7) is 0. The van der Waals surface area contributed by atoms with Gasteiger partial charge in [0.2, 0.25) is 0 Å². The van der Waals surface area contributed by atoms with Crippen molar-refractivity contribution in [2.24, 2.45) is 0 Å². The molecule has 0 amide bonds. The fourth-order valence-electron chi connectivity index (χ4n) is 22.6. The zero-order valence-electron chi connectivity index (χ0n) is 82.0. The molecule has 8 heteroatoms. The zero-order valence-corrected chi connectivity index (χ0v) is 82.0. The summed E-state index contributed by atoms with van der Waals surface area (Å²) < 4.78 is 6.86. The molecule has 0 saturated carbocycles. The van der Waals surface area contributed by atoms with Gasteiger partial charge in [0, 0.05) is 120 Å². The highest BCUT2D eigenvalue weighted by Gasteiger charge is 2.32. The number of aromatic nitrogens is 5. The Labute approximate surface area is 872 Å². The summed E-state index contributed by atoms with van der Waals surface area (Å²) in [6, 6.07) is 200. The van der Waals surface area contributed by atoms with Gasteiger partial charge in [-0.3, -0.25) is 0 Å². The van der Waals surface area contributed by atoms with Crippen LogP contribution in [0.15, 0.2) is 583 Å². The van der Waals surface area contributed by atoms with Crippen molar-refractivity contribution in [1.82, 2.24) is 23.7 Å². The van der Waals surface area contributed by atoms with Gasteiger partial charge >= 0.3 is 0 Å². The maximum absolute atomic E-state index is 5.17. The topological polar surface area (TPSA) is 50.3 Å². The second-order valence-electron chi connectivity index (χ2n) is 38.3. The minimum atomic E-state index is 0.899. The summed E-state index contributed by atoms with van der Waals surface area (Å²) in [4.78, 5) is 17.0. The van der Waals surface area contributed by atoms with Crippen LogP contribution in [-0.4, -0.2) is 23.7 Å². The van der Waals surface area contributed by atoms with Crippen molar-refractivity contribution in [3.63, 3.8) is 0 Å². The number of para-hydroxylation sites is 3. The molecule has 0 radical (unpaired) electrons. The van der Waals surface area contributed by atoms with Gasteiger partial charge in [-0.15, -0.1) is 0 Å². The third kappa shape index (κ3) is 16.3. The van der Waals surface area contributed by atoms with Crippen LogP contribution in [0.5, 0.6) is 0 Å². The molecule has 5 heterocycles.